The summed E-state index contributed by atoms with van der Waals surface area (Å²) in [7, 11) is 2.23. The van der Waals surface area contributed by atoms with E-state index in [-0.39, 0.29) is 0 Å². The number of aryl methyl sites for hydroxylation is 1. The summed E-state index contributed by atoms with van der Waals surface area (Å²) >= 11 is 6.04. The lowest BCUT2D eigenvalue weighted by Crippen LogP contribution is -2.32. The number of likely N-dealkylation sites (tertiary alicyclic amines) is 1. The maximum Gasteiger partial charge on any atom is 0.148 e. The molecule has 1 aliphatic rings. The third-order valence-corrected chi connectivity index (χ3v) is 7.21. The van der Waals surface area contributed by atoms with Gasteiger partial charge >= 0.3 is 0 Å². The lowest BCUT2D eigenvalue weighted by molar-refractivity contribution is 0.198. The molecule has 0 spiro atoms. The molecule has 0 unspecified atom stereocenters. The predicted octanol–water partition coefficient (Wildman–Crippen LogP) is 6.97. The number of fused-ring (bicyclic) bond motifs is 1. The van der Waals surface area contributed by atoms with Gasteiger partial charge in [0.15, 0.2) is 0 Å². The number of benzene rings is 3. The summed E-state index contributed by atoms with van der Waals surface area (Å²) in [6.07, 6.45) is 4.98. The van der Waals surface area contributed by atoms with Crippen LogP contribution in [0.1, 0.15) is 37.1 Å². The van der Waals surface area contributed by atoms with Crippen LogP contribution in [0.25, 0.3) is 11.0 Å². The van der Waals surface area contributed by atoms with Crippen molar-refractivity contribution < 1.29 is 9.47 Å². The minimum atomic E-state index is 0.389. The van der Waals surface area contributed by atoms with Crippen molar-refractivity contribution in [1.82, 2.24) is 14.5 Å². The minimum absolute atomic E-state index is 0.389. The molecule has 1 aromatic heterocycles. The van der Waals surface area contributed by atoms with Crippen LogP contribution < -0.4 is 9.47 Å². The van der Waals surface area contributed by atoms with Crippen LogP contribution in [0.4, 0.5) is 0 Å². The van der Waals surface area contributed by atoms with E-state index in [2.05, 4.69) is 40.8 Å². The van der Waals surface area contributed by atoms with E-state index in [1.165, 1.54) is 32.4 Å². The molecule has 0 N–H and O–H groups in total. The van der Waals surface area contributed by atoms with Crippen molar-refractivity contribution in [3.05, 3.63) is 89.2 Å². The Hall–Kier alpha value is -3.02. The van der Waals surface area contributed by atoms with Crippen LogP contribution in [0.2, 0.25) is 5.02 Å². The van der Waals surface area contributed by atoms with Crippen molar-refractivity contribution in [3.63, 3.8) is 0 Å². The molecule has 3 aromatic carbocycles. The Morgan fingerprint density at radius 2 is 1.78 bits per heavy atom. The summed E-state index contributed by atoms with van der Waals surface area (Å²) in [6, 6.07) is 23.9. The summed E-state index contributed by atoms with van der Waals surface area (Å²) in [6.45, 7) is 4.24. The van der Waals surface area contributed by atoms with Crippen LogP contribution >= 0.6 is 11.6 Å². The Morgan fingerprint density at radius 1 is 0.944 bits per heavy atom. The quantitative estimate of drug-likeness (QED) is 0.234. The van der Waals surface area contributed by atoms with Crippen molar-refractivity contribution in [1.29, 1.82) is 0 Å². The minimum Gasteiger partial charge on any atom is -0.487 e. The van der Waals surface area contributed by atoms with E-state index in [9.17, 15) is 0 Å². The molecule has 5 rings (SSSR count). The number of ether oxygens (including phenoxy) is 2. The first-order valence-corrected chi connectivity index (χ1v) is 13.3. The molecule has 1 atom stereocenters. The molecule has 1 saturated heterocycles. The van der Waals surface area contributed by atoms with E-state index >= 15 is 0 Å². The standard InChI is InChI=1S/C30H34ClN3O2/c1-33-18-6-10-23(20-33)11-7-19-34-27-12-5-13-28(36-21-24-8-3-2-4-9-24)30(27)32-29(34)22-35-26-16-14-25(31)15-17-26/h2-5,8-9,12-17,23H,6-7,10-11,18-22H2,1H3/t23-/m0/s1. The fourth-order valence-electron chi connectivity index (χ4n) is 5.11. The lowest BCUT2D eigenvalue weighted by atomic mass is 9.94. The van der Waals surface area contributed by atoms with Crippen LogP contribution in [-0.4, -0.2) is 34.6 Å². The maximum absolute atomic E-state index is 6.22. The fraction of sp³-hybridized carbons (Fsp3) is 0.367. The van der Waals surface area contributed by atoms with E-state index in [0.29, 0.717) is 18.2 Å². The fourth-order valence-corrected chi connectivity index (χ4v) is 5.23. The number of hydrogen-bond acceptors (Lipinski definition) is 4. The second-order valence-corrected chi connectivity index (χ2v) is 10.2. The second-order valence-electron chi connectivity index (χ2n) is 9.73. The molecule has 4 aromatic rings. The molecule has 5 nitrogen and oxygen atoms in total. The van der Waals surface area contributed by atoms with Crippen molar-refractivity contribution in [2.24, 2.45) is 5.92 Å². The largest absolute Gasteiger partial charge is 0.487 e. The Balaban J connectivity index is 1.36. The monoisotopic (exact) mass is 503 g/mol. The van der Waals surface area contributed by atoms with Crippen molar-refractivity contribution in [2.75, 3.05) is 20.1 Å². The zero-order chi connectivity index (χ0) is 24.7. The molecule has 188 valence electrons. The molecular formula is C30H34ClN3O2. The Morgan fingerprint density at radius 3 is 2.58 bits per heavy atom. The van der Waals surface area contributed by atoms with Crippen LogP contribution in [0, 0.1) is 5.92 Å². The topological polar surface area (TPSA) is 39.5 Å². The molecule has 0 amide bonds. The first kappa shape index (κ1) is 24.7. The van der Waals surface area contributed by atoms with E-state index in [0.717, 1.165) is 52.8 Å². The highest BCUT2D eigenvalue weighted by molar-refractivity contribution is 6.30. The van der Waals surface area contributed by atoms with E-state index in [1.807, 2.05) is 48.5 Å². The molecule has 1 fully saturated rings. The molecular weight excluding hydrogens is 470 g/mol. The lowest BCUT2D eigenvalue weighted by Gasteiger charge is -2.29. The third-order valence-electron chi connectivity index (χ3n) is 6.96. The van der Waals surface area contributed by atoms with Crippen molar-refractivity contribution in [2.45, 2.75) is 45.4 Å². The SMILES string of the molecule is CN1CCC[C@@H](CCCn2c(COc3ccc(Cl)cc3)nc3c(OCc4ccccc4)cccc32)C1. The summed E-state index contributed by atoms with van der Waals surface area (Å²) in [5.41, 5.74) is 3.12. The van der Waals surface area contributed by atoms with Gasteiger partial charge in [0.25, 0.3) is 0 Å². The highest BCUT2D eigenvalue weighted by Crippen LogP contribution is 2.29. The first-order valence-electron chi connectivity index (χ1n) is 12.9. The maximum atomic E-state index is 6.22. The Labute approximate surface area is 218 Å². The summed E-state index contributed by atoms with van der Waals surface area (Å²) in [5, 5.41) is 0.697. The summed E-state index contributed by atoms with van der Waals surface area (Å²) in [5.74, 6) is 3.27. The van der Waals surface area contributed by atoms with Gasteiger partial charge in [0, 0.05) is 18.1 Å². The molecule has 2 heterocycles. The second kappa shape index (κ2) is 11.8. The summed E-state index contributed by atoms with van der Waals surface area (Å²) in [4.78, 5) is 7.47. The number of rotatable bonds is 10. The van der Waals surface area contributed by atoms with Gasteiger partial charge in [-0.25, -0.2) is 4.98 Å². The molecule has 36 heavy (non-hydrogen) atoms. The van der Waals surface area contributed by atoms with E-state index in [1.54, 1.807) is 0 Å². The molecule has 0 bridgehead atoms. The Kier molecular flexibility index (Phi) is 8.09. The van der Waals surface area contributed by atoms with E-state index < -0.39 is 0 Å². The van der Waals surface area contributed by atoms with E-state index in [4.69, 9.17) is 26.1 Å². The van der Waals surface area contributed by atoms with Gasteiger partial charge in [-0.3, -0.25) is 0 Å². The average molecular weight is 504 g/mol. The molecule has 0 saturated carbocycles. The first-order chi connectivity index (χ1) is 17.7. The predicted molar refractivity (Wildman–Crippen MR) is 146 cm³/mol. The van der Waals surface area contributed by atoms with Crippen LogP contribution in [0.15, 0.2) is 72.8 Å². The van der Waals surface area contributed by atoms with Gasteiger partial charge in [-0.2, -0.15) is 0 Å². The van der Waals surface area contributed by atoms with Crippen molar-refractivity contribution in [3.8, 4) is 11.5 Å². The van der Waals surface area contributed by atoms with Crippen molar-refractivity contribution >= 4 is 22.6 Å². The number of aromatic nitrogens is 2. The van der Waals surface area contributed by atoms with Gasteiger partial charge in [0.05, 0.1) is 5.52 Å². The van der Waals surface area contributed by atoms with Gasteiger partial charge in [-0.1, -0.05) is 48.0 Å². The highest BCUT2D eigenvalue weighted by atomic mass is 35.5. The Bertz CT molecular complexity index is 1260. The molecule has 1 aliphatic heterocycles. The number of nitrogens with zero attached hydrogens (tertiary/aromatic N) is 3. The molecule has 0 radical (unpaired) electrons. The number of imidazole rings is 1. The molecule has 0 aliphatic carbocycles. The molecule has 6 heteroatoms. The summed E-state index contributed by atoms with van der Waals surface area (Å²) < 4.78 is 14.6. The smallest absolute Gasteiger partial charge is 0.148 e. The van der Waals surface area contributed by atoms with Crippen LogP contribution in [0.5, 0.6) is 11.5 Å². The van der Waals surface area contributed by atoms with Crippen LogP contribution in [0.3, 0.4) is 0 Å². The number of halogens is 1. The third kappa shape index (κ3) is 6.21. The van der Waals surface area contributed by atoms with Gasteiger partial charge in [-0.15, -0.1) is 0 Å². The van der Waals surface area contributed by atoms with Gasteiger partial charge in [0.1, 0.15) is 36.1 Å². The van der Waals surface area contributed by atoms with Gasteiger partial charge in [0.2, 0.25) is 0 Å². The number of piperidine rings is 1. The van der Waals surface area contributed by atoms with Gasteiger partial charge in [-0.05, 0) is 87.2 Å². The highest BCUT2D eigenvalue weighted by Gasteiger charge is 2.19. The zero-order valence-corrected chi connectivity index (χ0v) is 21.7. The van der Waals surface area contributed by atoms with Crippen LogP contribution in [-0.2, 0) is 19.8 Å². The normalized spacial score (nSPS) is 16.3. The number of hydrogen-bond donors (Lipinski definition) is 0. The zero-order valence-electron chi connectivity index (χ0n) is 20.9. The average Bonchev–Trinajstić information content (AvgIpc) is 3.26. The number of para-hydroxylation sites is 1. The van der Waals surface area contributed by atoms with Gasteiger partial charge < -0.3 is 18.9 Å².